The standard InChI is InChI=1S/C18H29BrN2O5/c1-18(2,3)26-17(22)20-8-4-5-9-23-10-11-24-12-13-25-16-7-6-15(19)14-21-16/h6-7,14H,4-5,8-13H2,1-3H3,(H,20,22). The minimum atomic E-state index is -0.465. The largest absolute Gasteiger partial charge is 0.475 e. The highest BCUT2D eigenvalue weighted by Crippen LogP contribution is 2.11. The van der Waals surface area contributed by atoms with Gasteiger partial charge in [0.15, 0.2) is 0 Å². The summed E-state index contributed by atoms with van der Waals surface area (Å²) in [6.45, 7) is 8.73. The molecule has 0 radical (unpaired) electrons. The number of hydrogen-bond acceptors (Lipinski definition) is 6. The number of rotatable bonds is 12. The average molecular weight is 433 g/mol. The van der Waals surface area contributed by atoms with E-state index in [1.165, 1.54) is 0 Å². The molecule has 0 atom stereocenters. The number of nitrogens with one attached hydrogen (secondary N) is 1. The first-order chi connectivity index (χ1) is 12.4. The third kappa shape index (κ3) is 12.9. The highest BCUT2D eigenvalue weighted by atomic mass is 79.9. The minimum absolute atomic E-state index is 0.382. The fourth-order valence-corrected chi connectivity index (χ4v) is 2.04. The van der Waals surface area contributed by atoms with E-state index in [4.69, 9.17) is 18.9 Å². The molecular formula is C18H29BrN2O5. The Balaban J connectivity index is 1.83. The molecule has 0 bridgehead atoms. The van der Waals surface area contributed by atoms with Crippen LogP contribution in [0.25, 0.3) is 0 Å². The number of alkyl carbamates (subject to hydrolysis) is 1. The van der Waals surface area contributed by atoms with Gasteiger partial charge < -0.3 is 24.3 Å². The first kappa shape index (κ1) is 22.7. The summed E-state index contributed by atoms with van der Waals surface area (Å²) in [5.41, 5.74) is -0.465. The molecule has 0 spiro atoms. The summed E-state index contributed by atoms with van der Waals surface area (Å²) in [5.74, 6) is 0.577. The van der Waals surface area contributed by atoms with Gasteiger partial charge in [0, 0.05) is 29.9 Å². The molecule has 148 valence electrons. The second-order valence-corrected chi connectivity index (χ2v) is 7.44. The predicted molar refractivity (Wildman–Crippen MR) is 103 cm³/mol. The quantitative estimate of drug-likeness (QED) is 0.508. The lowest BCUT2D eigenvalue weighted by Gasteiger charge is -2.19. The SMILES string of the molecule is CC(C)(C)OC(=O)NCCCCOCCOCCOc1ccc(Br)cn1. The van der Waals surface area contributed by atoms with E-state index >= 15 is 0 Å². The molecule has 0 fully saturated rings. The first-order valence-corrected chi connectivity index (χ1v) is 9.53. The van der Waals surface area contributed by atoms with Crippen molar-refractivity contribution in [1.82, 2.24) is 10.3 Å². The van der Waals surface area contributed by atoms with Crippen LogP contribution in [0.2, 0.25) is 0 Å². The molecule has 7 nitrogen and oxygen atoms in total. The van der Waals surface area contributed by atoms with Crippen LogP contribution >= 0.6 is 15.9 Å². The fraction of sp³-hybridized carbons (Fsp3) is 0.667. The van der Waals surface area contributed by atoms with Crippen molar-refractivity contribution in [1.29, 1.82) is 0 Å². The highest BCUT2D eigenvalue weighted by molar-refractivity contribution is 9.10. The molecular weight excluding hydrogens is 404 g/mol. The van der Waals surface area contributed by atoms with Crippen molar-refractivity contribution < 1.29 is 23.7 Å². The van der Waals surface area contributed by atoms with Crippen LogP contribution < -0.4 is 10.1 Å². The molecule has 1 aromatic rings. The molecule has 0 unspecified atom stereocenters. The predicted octanol–water partition coefficient (Wildman–Crippen LogP) is 3.56. The third-order valence-corrected chi connectivity index (χ3v) is 3.40. The van der Waals surface area contributed by atoms with Gasteiger partial charge in [-0.25, -0.2) is 9.78 Å². The molecule has 0 aliphatic heterocycles. The van der Waals surface area contributed by atoms with Crippen LogP contribution in [0.15, 0.2) is 22.8 Å². The molecule has 8 heteroatoms. The molecule has 1 aromatic heterocycles. The van der Waals surface area contributed by atoms with E-state index in [2.05, 4.69) is 26.2 Å². The van der Waals surface area contributed by atoms with Crippen LogP contribution in [-0.4, -0.2) is 56.3 Å². The molecule has 1 rings (SSSR count). The van der Waals surface area contributed by atoms with Gasteiger partial charge in [0.1, 0.15) is 12.2 Å². The number of amides is 1. The van der Waals surface area contributed by atoms with Crippen molar-refractivity contribution in [3.63, 3.8) is 0 Å². The molecule has 0 aliphatic carbocycles. The second-order valence-electron chi connectivity index (χ2n) is 6.52. The molecule has 0 saturated carbocycles. The summed E-state index contributed by atoms with van der Waals surface area (Å²) in [4.78, 5) is 15.5. The van der Waals surface area contributed by atoms with Gasteiger partial charge in [-0.1, -0.05) is 0 Å². The van der Waals surface area contributed by atoms with E-state index in [0.29, 0.717) is 45.5 Å². The number of unbranched alkanes of at least 4 members (excludes halogenated alkanes) is 1. The van der Waals surface area contributed by atoms with Gasteiger partial charge in [0.05, 0.1) is 19.8 Å². The lowest BCUT2D eigenvalue weighted by molar-refractivity contribution is 0.0345. The van der Waals surface area contributed by atoms with Gasteiger partial charge >= 0.3 is 6.09 Å². The number of carbonyl (C=O) groups excluding carboxylic acids is 1. The summed E-state index contributed by atoms with van der Waals surface area (Å²) in [6.07, 6.45) is 3.02. The number of hydrogen-bond donors (Lipinski definition) is 1. The lowest BCUT2D eigenvalue weighted by Crippen LogP contribution is -2.33. The molecule has 1 amide bonds. The topological polar surface area (TPSA) is 78.9 Å². The number of aromatic nitrogens is 1. The van der Waals surface area contributed by atoms with Crippen LogP contribution in [-0.2, 0) is 14.2 Å². The van der Waals surface area contributed by atoms with Crippen molar-refractivity contribution >= 4 is 22.0 Å². The third-order valence-electron chi connectivity index (χ3n) is 2.93. The molecule has 0 aliphatic rings. The molecule has 1 heterocycles. The van der Waals surface area contributed by atoms with Crippen molar-refractivity contribution in [2.45, 2.75) is 39.2 Å². The van der Waals surface area contributed by atoms with E-state index in [-0.39, 0.29) is 6.09 Å². The zero-order valence-corrected chi connectivity index (χ0v) is 17.3. The van der Waals surface area contributed by atoms with Gasteiger partial charge in [0.25, 0.3) is 0 Å². The van der Waals surface area contributed by atoms with Crippen LogP contribution in [0.1, 0.15) is 33.6 Å². The van der Waals surface area contributed by atoms with E-state index in [0.717, 1.165) is 17.3 Å². The van der Waals surface area contributed by atoms with Gasteiger partial charge in [-0.2, -0.15) is 0 Å². The van der Waals surface area contributed by atoms with Gasteiger partial charge in [-0.3, -0.25) is 0 Å². The van der Waals surface area contributed by atoms with Crippen LogP contribution in [0.5, 0.6) is 5.88 Å². The number of halogens is 1. The summed E-state index contributed by atoms with van der Waals surface area (Å²) in [6, 6.07) is 3.67. The Hall–Kier alpha value is -1.38. The summed E-state index contributed by atoms with van der Waals surface area (Å²) >= 11 is 3.32. The Morgan fingerprint density at radius 2 is 1.77 bits per heavy atom. The van der Waals surface area contributed by atoms with E-state index < -0.39 is 5.60 Å². The number of nitrogens with zero attached hydrogens (tertiary/aromatic N) is 1. The Morgan fingerprint density at radius 3 is 2.42 bits per heavy atom. The smallest absolute Gasteiger partial charge is 0.407 e. The molecule has 0 aromatic carbocycles. The number of pyridine rings is 1. The fourth-order valence-electron chi connectivity index (χ4n) is 1.81. The second kappa shape index (κ2) is 12.9. The Labute approximate surface area is 163 Å². The highest BCUT2D eigenvalue weighted by Gasteiger charge is 2.15. The van der Waals surface area contributed by atoms with Gasteiger partial charge in [-0.15, -0.1) is 0 Å². The van der Waals surface area contributed by atoms with Crippen molar-refractivity contribution in [2.75, 3.05) is 39.6 Å². The summed E-state index contributed by atoms with van der Waals surface area (Å²) in [7, 11) is 0. The maximum atomic E-state index is 11.4. The van der Waals surface area contributed by atoms with E-state index in [1.807, 2.05) is 26.8 Å². The summed E-state index contributed by atoms with van der Waals surface area (Å²) < 4.78 is 22.4. The van der Waals surface area contributed by atoms with Crippen LogP contribution in [0, 0.1) is 0 Å². The molecule has 26 heavy (non-hydrogen) atoms. The normalized spacial score (nSPS) is 11.2. The van der Waals surface area contributed by atoms with E-state index in [1.54, 1.807) is 12.3 Å². The summed E-state index contributed by atoms with van der Waals surface area (Å²) in [5, 5.41) is 2.72. The maximum absolute atomic E-state index is 11.4. The van der Waals surface area contributed by atoms with Crippen molar-refractivity contribution in [3.8, 4) is 5.88 Å². The van der Waals surface area contributed by atoms with E-state index in [9.17, 15) is 4.79 Å². The van der Waals surface area contributed by atoms with Crippen LogP contribution in [0.3, 0.4) is 0 Å². The van der Waals surface area contributed by atoms with Crippen molar-refractivity contribution in [3.05, 3.63) is 22.8 Å². The number of ether oxygens (including phenoxy) is 4. The minimum Gasteiger partial charge on any atom is -0.475 e. The van der Waals surface area contributed by atoms with Crippen molar-refractivity contribution in [2.24, 2.45) is 0 Å². The van der Waals surface area contributed by atoms with Gasteiger partial charge in [-0.05, 0) is 55.6 Å². The zero-order valence-electron chi connectivity index (χ0n) is 15.8. The monoisotopic (exact) mass is 432 g/mol. The van der Waals surface area contributed by atoms with Gasteiger partial charge in [0.2, 0.25) is 5.88 Å². The first-order valence-electron chi connectivity index (χ1n) is 8.73. The Kier molecular flexibility index (Phi) is 11.2. The average Bonchev–Trinajstić information content (AvgIpc) is 2.56. The lowest BCUT2D eigenvalue weighted by atomic mass is 10.2. The Morgan fingerprint density at radius 1 is 1.08 bits per heavy atom. The maximum Gasteiger partial charge on any atom is 0.407 e. The zero-order chi connectivity index (χ0) is 19.3. The Bertz CT molecular complexity index is 505. The molecule has 0 saturated heterocycles. The molecule has 1 N–H and O–H groups in total. The number of carbonyl (C=O) groups is 1. The van der Waals surface area contributed by atoms with Crippen LogP contribution in [0.4, 0.5) is 4.79 Å².